The first-order valence-electron chi connectivity index (χ1n) is 6.19. The molecule has 0 aromatic heterocycles. The zero-order valence-electron chi connectivity index (χ0n) is 11.4. The highest BCUT2D eigenvalue weighted by Gasteiger charge is 2.27. The van der Waals surface area contributed by atoms with Gasteiger partial charge in [-0.3, -0.25) is 4.79 Å². The van der Waals surface area contributed by atoms with Gasteiger partial charge < -0.3 is 9.05 Å². The molecular formula is C13H19O3PS2. The zero-order valence-corrected chi connectivity index (χ0v) is 13.9. The van der Waals surface area contributed by atoms with E-state index in [1.54, 1.807) is 0 Å². The SMILES string of the molecule is CCOP(=S)(OCC)SC(C)C(=O)c1ccccc1. The van der Waals surface area contributed by atoms with E-state index in [4.69, 9.17) is 20.9 Å². The van der Waals surface area contributed by atoms with E-state index < -0.39 is 5.69 Å². The molecule has 0 radical (unpaired) electrons. The molecule has 0 aliphatic carbocycles. The minimum Gasteiger partial charge on any atom is -0.322 e. The van der Waals surface area contributed by atoms with Gasteiger partial charge in [-0.05, 0) is 32.6 Å². The lowest BCUT2D eigenvalue weighted by Gasteiger charge is -2.22. The first kappa shape index (κ1) is 16.9. The molecule has 0 fully saturated rings. The summed E-state index contributed by atoms with van der Waals surface area (Å²) in [6.45, 7) is 6.60. The van der Waals surface area contributed by atoms with Gasteiger partial charge in [0.25, 0.3) is 0 Å². The second kappa shape index (κ2) is 8.18. The van der Waals surface area contributed by atoms with Gasteiger partial charge in [0, 0.05) is 5.56 Å². The van der Waals surface area contributed by atoms with Crippen molar-refractivity contribution in [3.05, 3.63) is 35.9 Å². The van der Waals surface area contributed by atoms with E-state index in [-0.39, 0.29) is 11.0 Å². The van der Waals surface area contributed by atoms with Crippen molar-refractivity contribution < 1.29 is 13.8 Å². The molecule has 3 nitrogen and oxygen atoms in total. The predicted octanol–water partition coefficient (Wildman–Crippen LogP) is 4.29. The van der Waals surface area contributed by atoms with Gasteiger partial charge in [-0.1, -0.05) is 41.7 Å². The van der Waals surface area contributed by atoms with Gasteiger partial charge in [-0.2, -0.15) is 0 Å². The highest BCUT2D eigenvalue weighted by molar-refractivity contribution is 8.68. The molecule has 106 valence electrons. The van der Waals surface area contributed by atoms with Crippen LogP contribution in [0.1, 0.15) is 31.1 Å². The van der Waals surface area contributed by atoms with Crippen molar-refractivity contribution in [3.63, 3.8) is 0 Å². The van der Waals surface area contributed by atoms with Gasteiger partial charge in [0.2, 0.25) is 5.69 Å². The van der Waals surface area contributed by atoms with Crippen molar-refractivity contribution in [2.75, 3.05) is 13.2 Å². The minimum absolute atomic E-state index is 0.0548. The fraction of sp³-hybridized carbons (Fsp3) is 0.462. The van der Waals surface area contributed by atoms with Crippen LogP contribution in [0.3, 0.4) is 0 Å². The maximum absolute atomic E-state index is 12.3. The van der Waals surface area contributed by atoms with Gasteiger partial charge in [0.05, 0.1) is 18.5 Å². The van der Waals surface area contributed by atoms with Crippen LogP contribution < -0.4 is 0 Å². The van der Waals surface area contributed by atoms with Crippen LogP contribution in [0.2, 0.25) is 0 Å². The second-order valence-electron chi connectivity index (χ2n) is 3.76. The summed E-state index contributed by atoms with van der Waals surface area (Å²) >= 11 is 6.75. The third-order valence-corrected chi connectivity index (χ3v) is 7.99. The van der Waals surface area contributed by atoms with Crippen LogP contribution in [0.25, 0.3) is 0 Å². The van der Waals surface area contributed by atoms with E-state index in [9.17, 15) is 4.79 Å². The first-order valence-corrected chi connectivity index (χ1v) is 10.3. The number of carbonyl (C=O) groups is 1. The third kappa shape index (κ3) is 5.36. The fourth-order valence-electron chi connectivity index (χ4n) is 1.49. The van der Waals surface area contributed by atoms with Gasteiger partial charge in [-0.15, -0.1) is 0 Å². The molecule has 19 heavy (non-hydrogen) atoms. The van der Waals surface area contributed by atoms with Gasteiger partial charge >= 0.3 is 0 Å². The Bertz CT molecular complexity index is 440. The molecule has 0 spiro atoms. The van der Waals surface area contributed by atoms with Crippen LogP contribution in [-0.2, 0) is 20.9 Å². The summed E-state index contributed by atoms with van der Waals surface area (Å²) in [4.78, 5) is 12.3. The average molecular weight is 318 g/mol. The Hall–Kier alpha value is -0.190. The van der Waals surface area contributed by atoms with Crippen LogP contribution in [0.5, 0.6) is 0 Å². The van der Waals surface area contributed by atoms with Crippen LogP contribution in [0.15, 0.2) is 30.3 Å². The van der Waals surface area contributed by atoms with Crippen molar-refractivity contribution in [3.8, 4) is 0 Å². The van der Waals surface area contributed by atoms with E-state index in [1.807, 2.05) is 51.1 Å². The molecule has 0 bridgehead atoms. The number of hydrogen-bond donors (Lipinski definition) is 0. The Morgan fingerprint density at radius 3 is 2.26 bits per heavy atom. The van der Waals surface area contributed by atoms with E-state index in [2.05, 4.69) is 0 Å². The monoisotopic (exact) mass is 318 g/mol. The van der Waals surface area contributed by atoms with Crippen molar-refractivity contribution in [2.24, 2.45) is 0 Å². The molecule has 0 amide bonds. The smallest absolute Gasteiger partial charge is 0.248 e. The summed E-state index contributed by atoms with van der Waals surface area (Å²) in [6, 6.07) is 9.21. The number of ketones is 1. The molecule has 6 heteroatoms. The molecule has 0 aliphatic heterocycles. The average Bonchev–Trinajstić information content (AvgIpc) is 2.39. The number of hydrogen-bond acceptors (Lipinski definition) is 5. The molecular weight excluding hydrogens is 299 g/mol. The van der Waals surface area contributed by atoms with E-state index in [0.29, 0.717) is 18.8 Å². The molecule has 1 aromatic carbocycles. The number of benzene rings is 1. The molecule has 1 aromatic rings. The molecule has 0 aliphatic rings. The molecule has 1 unspecified atom stereocenters. The van der Waals surface area contributed by atoms with Crippen LogP contribution >= 0.6 is 17.1 Å². The lowest BCUT2D eigenvalue weighted by Crippen LogP contribution is -2.13. The summed E-state index contributed by atoms with van der Waals surface area (Å²) in [6.07, 6.45) is 0. The maximum atomic E-state index is 12.3. The van der Waals surface area contributed by atoms with Gasteiger partial charge in [-0.25, -0.2) is 0 Å². The van der Waals surface area contributed by atoms with Crippen molar-refractivity contribution in [1.29, 1.82) is 0 Å². The number of carbonyl (C=O) groups excluding carboxylic acids is 1. The summed E-state index contributed by atoms with van der Waals surface area (Å²) in [5, 5.41) is -0.272. The molecule has 0 heterocycles. The van der Waals surface area contributed by atoms with E-state index in [1.165, 1.54) is 11.4 Å². The Kier molecular flexibility index (Phi) is 7.26. The quantitative estimate of drug-likeness (QED) is 0.528. The summed E-state index contributed by atoms with van der Waals surface area (Å²) in [7, 11) is 0. The summed E-state index contributed by atoms with van der Waals surface area (Å²) in [5.74, 6) is 0.0548. The molecule has 0 saturated heterocycles. The van der Waals surface area contributed by atoms with Gasteiger partial charge in [0.15, 0.2) is 5.78 Å². The largest absolute Gasteiger partial charge is 0.322 e. The fourth-order valence-corrected chi connectivity index (χ4v) is 7.18. The zero-order chi connectivity index (χ0) is 14.3. The normalized spacial score (nSPS) is 13.2. The van der Waals surface area contributed by atoms with Crippen LogP contribution in [0.4, 0.5) is 0 Å². The highest BCUT2D eigenvalue weighted by atomic mass is 32.9. The summed E-state index contributed by atoms with van der Waals surface area (Å²) < 4.78 is 11.1. The standard InChI is InChI=1S/C13H19O3PS2/c1-4-15-17(18,16-5-2)19-11(3)13(14)12-9-7-6-8-10-12/h6-11H,4-5H2,1-3H3. The Morgan fingerprint density at radius 1 is 1.26 bits per heavy atom. The Morgan fingerprint density at radius 2 is 1.79 bits per heavy atom. The lowest BCUT2D eigenvalue weighted by molar-refractivity contribution is 0.0994. The molecule has 1 rings (SSSR count). The third-order valence-electron chi connectivity index (χ3n) is 2.29. The van der Waals surface area contributed by atoms with Crippen LogP contribution in [-0.4, -0.2) is 24.2 Å². The van der Waals surface area contributed by atoms with Crippen molar-refractivity contribution >= 4 is 34.7 Å². The van der Waals surface area contributed by atoms with Gasteiger partial charge in [0.1, 0.15) is 0 Å². The minimum atomic E-state index is -2.42. The molecule has 0 N–H and O–H groups in total. The van der Waals surface area contributed by atoms with E-state index in [0.717, 1.165) is 0 Å². The first-order chi connectivity index (χ1) is 9.02. The van der Waals surface area contributed by atoms with Crippen LogP contribution in [0, 0.1) is 0 Å². The molecule has 0 saturated carbocycles. The van der Waals surface area contributed by atoms with E-state index >= 15 is 0 Å². The summed E-state index contributed by atoms with van der Waals surface area (Å²) in [5.41, 5.74) is -1.73. The predicted molar refractivity (Wildman–Crippen MR) is 85.4 cm³/mol. The highest BCUT2D eigenvalue weighted by Crippen LogP contribution is 2.62. The number of rotatable bonds is 8. The van der Waals surface area contributed by atoms with Crippen molar-refractivity contribution in [1.82, 2.24) is 0 Å². The number of Topliss-reactive ketones (excluding diaryl/α,β-unsaturated/α-hetero) is 1. The Balaban J connectivity index is 2.75. The van der Waals surface area contributed by atoms with Crippen molar-refractivity contribution in [2.45, 2.75) is 26.0 Å². The lowest BCUT2D eigenvalue weighted by atomic mass is 10.1. The molecule has 1 atom stereocenters. The Labute approximate surface area is 124 Å². The second-order valence-corrected chi connectivity index (χ2v) is 10.3. The topological polar surface area (TPSA) is 35.5 Å². The maximum Gasteiger partial charge on any atom is 0.248 e.